The van der Waals surface area contributed by atoms with Gasteiger partial charge in [-0.15, -0.1) is 0 Å². The van der Waals surface area contributed by atoms with Crippen LogP contribution in [-0.4, -0.2) is 16.3 Å². The second-order valence-electron chi connectivity index (χ2n) is 6.35. The summed E-state index contributed by atoms with van der Waals surface area (Å²) in [6, 6.07) is 0. The number of hydrogen-bond donors (Lipinski definition) is 1. The zero-order chi connectivity index (χ0) is 13.9. The van der Waals surface area contributed by atoms with Crippen LogP contribution in [0.15, 0.2) is 6.20 Å². The van der Waals surface area contributed by atoms with E-state index in [-0.39, 0.29) is 11.2 Å². The van der Waals surface area contributed by atoms with Gasteiger partial charge < -0.3 is 10.3 Å². The first-order valence-corrected chi connectivity index (χ1v) is 6.12. The van der Waals surface area contributed by atoms with Crippen LogP contribution in [-0.2, 0) is 13.5 Å². The smallest absolute Gasteiger partial charge is 0.250 e. The highest BCUT2D eigenvalue weighted by Gasteiger charge is 2.49. The molecule has 0 radical (unpaired) electrons. The number of carbonyl (C=O) groups is 2. The Hall–Kier alpha value is -1.58. The number of hydrogen-bond acceptors (Lipinski definition) is 2. The third kappa shape index (κ3) is 1.44. The molecule has 1 aromatic rings. The number of nitrogens with zero attached hydrogens (tertiary/aromatic N) is 1. The van der Waals surface area contributed by atoms with E-state index in [4.69, 9.17) is 5.73 Å². The molecule has 0 saturated carbocycles. The molecule has 2 rings (SSSR count). The van der Waals surface area contributed by atoms with Crippen molar-refractivity contribution >= 4 is 11.7 Å². The zero-order valence-corrected chi connectivity index (χ0v) is 11.6. The minimum atomic E-state index is -0.532. The first-order chi connectivity index (χ1) is 8.09. The van der Waals surface area contributed by atoms with E-state index < -0.39 is 11.3 Å². The molecular formula is C14H20N2O2. The number of fused-ring (bicyclic) bond motifs is 1. The van der Waals surface area contributed by atoms with Gasteiger partial charge in [0.1, 0.15) is 0 Å². The van der Waals surface area contributed by atoms with Crippen molar-refractivity contribution in [3.05, 3.63) is 23.0 Å². The van der Waals surface area contributed by atoms with Gasteiger partial charge in [-0.3, -0.25) is 9.59 Å². The van der Waals surface area contributed by atoms with E-state index in [1.165, 1.54) is 0 Å². The molecule has 0 aromatic carbocycles. The van der Waals surface area contributed by atoms with Crippen molar-refractivity contribution in [3.63, 3.8) is 0 Å². The van der Waals surface area contributed by atoms with Crippen LogP contribution in [0, 0.1) is 10.8 Å². The van der Waals surface area contributed by atoms with Crippen LogP contribution in [0.4, 0.5) is 0 Å². The number of aryl methyl sites for hydroxylation is 1. The molecule has 4 heteroatoms. The average Bonchev–Trinajstić information content (AvgIpc) is 2.53. The van der Waals surface area contributed by atoms with Crippen molar-refractivity contribution in [2.75, 3.05) is 0 Å². The summed E-state index contributed by atoms with van der Waals surface area (Å²) in [5.41, 5.74) is 6.52. The van der Waals surface area contributed by atoms with E-state index in [1.807, 2.05) is 25.5 Å². The summed E-state index contributed by atoms with van der Waals surface area (Å²) in [6.45, 7) is 8.06. The van der Waals surface area contributed by atoms with Gasteiger partial charge in [-0.25, -0.2) is 0 Å². The molecule has 0 unspecified atom stereocenters. The Morgan fingerprint density at radius 2 is 1.89 bits per heavy atom. The highest BCUT2D eigenvalue weighted by atomic mass is 16.1. The van der Waals surface area contributed by atoms with E-state index >= 15 is 0 Å². The minimum absolute atomic E-state index is 0.0168. The van der Waals surface area contributed by atoms with Gasteiger partial charge in [-0.05, 0) is 11.8 Å². The zero-order valence-electron chi connectivity index (χ0n) is 11.6. The molecule has 0 fully saturated rings. The number of aromatic nitrogens is 1. The molecule has 2 N–H and O–H groups in total. The fraction of sp³-hybridized carbons (Fsp3) is 0.571. The molecule has 1 aliphatic carbocycles. The second-order valence-corrected chi connectivity index (χ2v) is 6.35. The molecular weight excluding hydrogens is 228 g/mol. The van der Waals surface area contributed by atoms with E-state index in [0.29, 0.717) is 11.1 Å². The molecule has 0 spiro atoms. The maximum absolute atomic E-state index is 12.7. The molecule has 1 heterocycles. The molecule has 0 atom stereocenters. The van der Waals surface area contributed by atoms with Crippen molar-refractivity contribution < 1.29 is 9.59 Å². The second kappa shape index (κ2) is 3.46. The Balaban J connectivity index is 2.74. The summed E-state index contributed by atoms with van der Waals surface area (Å²) in [6.07, 6.45) is 2.44. The van der Waals surface area contributed by atoms with Crippen molar-refractivity contribution in [1.82, 2.24) is 4.57 Å². The van der Waals surface area contributed by atoms with Crippen LogP contribution < -0.4 is 5.73 Å². The largest absolute Gasteiger partial charge is 0.366 e. The van der Waals surface area contributed by atoms with Crippen molar-refractivity contribution in [2.45, 2.75) is 34.1 Å². The topological polar surface area (TPSA) is 65.1 Å². The number of carbonyl (C=O) groups excluding carboxylic acids is 2. The summed E-state index contributed by atoms with van der Waals surface area (Å²) in [7, 11) is 1.85. The molecule has 1 aliphatic rings. The summed E-state index contributed by atoms with van der Waals surface area (Å²) < 4.78 is 1.85. The van der Waals surface area contributed by atoms with E-state index in [2.05, 4.69) is 13.8 Å². The molecule has 1 aromatic heterocycles. The number of primary amides is 1. The van der Waals surface area contributed by atoms with Crippen molar-refractivity contribution in [3.8, 4) is 0 Å². The molecule has 18 heavy (non-hydrogen) atoms. The molecule has 98 valence electrons. The first kappa shape index (κ1) is 12.9. The van der Waals surface area contributed by atoms with Gasteiger partial charge >= 0.3 is 0 Å². The van der Waals surface area contributed by atoms with E-state index in [1.54, 1.807) is 6.20 Å². The number of amides is 1. The highest BCUT2D eigenvalue weighted by molar-refractivity contribution is 6.11. The van der Waals surface area contributed by atoms with Crippen LogP contribution in [0.1, 0.15) is 54.1 Å². The average molecular weight is 248 g/mol. The lowest BCUT2D eigenvalue weighted by molar-refractivity contribution is 0.0522. The Morgan fingerprint density at radius 3 is 2.39 bits per heavy atom. The predicted octanol–water partition coefficient (Wildman–Crippen LogP) is 1.92. The monoisotopic (exact) mass is 248 g/mol. The van der Waals surface area contributed by atoms with Crippen LogP contribution in [0.5, 0.6) is 0 Å². The first-order valence-electron chi connectivity index (χ1n) is 6.12. The van der Waals surface area contributed by atoms with Crippen LogP contribution in [0.3, 0.4) is 0 Å². The fourth-order valence-electron chi connectivity index (χ4n) is 2.58. The standard InChI is InChI=1S/C14H20N2O2/c1-13(2)6-9-10(11(17)14(13,3)4)8(12(15)18)7-16(9)5/h7H,6H2,1-5H3,(H2,15,18). The van der Waals surface area contributed by atoms with E-state index in [9.17, 15) is 9.59 Å². The van der Waals surface area contributed by atoms with Gasteiger partial charge in [0.2, 0.25) is 0 Å². The van der Waals surface area contributed by atoms with Crippen LogP contribution in [0.25, 0.3) is 0 Å². The maximum Gasteiger partial charge on any atom is 0.250 e. The van der Waals surface area contributed by atoms with Gasteiger partial charge in [0.05, 0.1) is 11.1 Å². The number of Topliss-reactive ketones (excluding diaryl/α,β-unsaturated/α-hetero) is 1. The summed E-state index contributed by atoms with van der Waals surface area (Å²) in [5, 5.41) is 0. The normalized spacial score (nSPS) is 20.6. The summed E-state index contributed by atoms with van der Waals surface area (Å²) >= 11 is 0. The number of rotatable bonds is 1. The Kier molecular flexibility index (Phi) is 2.48. The number of ketones is 1. The summed E-state index contributed by atoms with van der Waals surface area (Å²) in [5.74, 6) is -0.515. The molecule has 0 bridgehead atoms. The maximum atomic E-state index is 12.7. The Labute approximate surface area is 107 Å². The number of nitrogens with two attached hydrogens (primary N) is 1. The van der Waals surface area contributed by atoms with Gasteiger partial charge in [0, 0.05) is 24.4 Å². The Morgan fingerprint density at radius 1 is 1.33 bits per heavy atom. The van der Waals surface area contributed by atoms with Gasteiger partial charge in [-0.2, -0.15) is 0 Å². The lowest BCUT2D eigenvalue weighted by Gasteiger charge is -2.44. The SMILES string of the molecule is Cn1cc(C(N)=O)c2c1CC(C)(C)C(C)(C)C2=O. The lowest BCUT2D eigenvalue weighted by Crippen LogP contribution is -2.46. The molecule has 0 saturated heterocycles. The van der Waals surface area contributed by atoms with Gasteiger partial charge in [0.15, 0.2) is 5.78 Å². The quantitative estimate of drug-likeness (QED) is 0.825. The lowest BCUT2D eigenvalue weighted by atomic mass is 9.58. The van der Waals surface area contributed by atoms with Gasteiger partial charge in [-0.1, -0.05) is 27.7 Å². The highest BCUT2D eigenvalue weighted by Crippen LogP contribution is 2.48. The molecule has 4 nitrogen and oxygen atoms in total. The van der Waals surface area contributed by atoms with E-state index in [0.717, 1.165) is 12.1 Å². The Bertz CT molecular complexity index is 550. The fourth-order valence-corrected chi connectivity index (χ4v) is 2.58. The van der Waals surface area contributed by atoms with Crippen LogP contribution in [0.2, 0.25) is 0 Å². The van der Waals surface area contributed by atoms with Crippen LogP contribution >= 0.6 is 0 Å². The third-order valence-electron chi connectivity index (χ3n) is 4.67. The third-order valence-corrected chi connectivity index (χ3v) is 4.67. The van der Waals surface area contributed by atoms with Crippen molar-refractivity contribution in [1.29, 1.82) is 0 Å². The minimum Gasteiger partial charge on any atom is -0.366 e. The molecule has 0 aliphatic heterocycles. The predicted molar refractivity (Wildman–Crippen MR) is 69.5 cm³/mol. The summed E-state index contributed by atoms with van der Waals surface area (Å²) in [4.78, 5) is 24.1. The van der Waals surface area contributed by atoms with Gasteiger partial charge in [0.25, 0.3) is 5.91 Å². The molecule has 1 amide bonds. The van der Waals surface area contributed by atoms with Crippen molar-refractivity contribution in [2.24, 2.45) is 23.6 Å².